The number of nitrogens with zero attached hydrogens (tertiary/aromatic N) is 5. The highest BCUT2D eigenvalue weighted by atomic mass is 16.3. The number of hydrogen-bond acceptors (Lipinski definition) is 4. The van der Waals surface area contributed by atoms with Gasteiger partial charge in [-0.25, -0.2) is 4.98 Å². The summed E-state index contributed by atoms with van der Waals surface area (Å²) in [5, 5.41) is 3.46. The van der Waals surface area contributed by atoms with Crippen molar-refractivity contribution in [2.45, 2.75) is 20.0 Å². The summed E-state index contributed by atoms with van der Waals surface area (Å²) in [4.78, 5) is 25.2. The Bertz CT molecular complexity index is 1030. The molecule has 31 heavy (non-hydrogen) atoms. The number of carbonyl (C=O) groups is 1. The van der Waals surface area contributed by atoms with Gasteiger partial charge in [0.2, 0.25) is 0 Å². The second-order valence-electron chi connectivity index (χ2n) is 7.58. The average Bonchev–Trinajstić information content (AvgIpc) is 3.47. The third kappa shape index (κ3) is 4.96. The third-order valence-electron chi connectivity index (χ3n) is 5.53. The van der Waals surface area contributed by atoms with Gasteiger partial charge in [-0.05, 0) is 30.2 Å². The highest BCUT2D eigenvalue weighted by molar-refractivity contribution is 5.91. The van der Waals surface area contributed by atoms with Crippen molar-refractivity contribution in [3.8, 4) is 0 Å². The van der Waals surface area contributed by atoms with Crippen LogP contribution in [0.15, 0.2) is 64.5 Å². The summed E-state index contributed by atoms with van der Waals surface area (Å²) in [6.07, 6.45) is 5.35. The Morgan fingerprint density at radius 1 is 1.13 bits per heavy atom. The van der Waals surface area contributed by atoms with Crippen LogP contribution >= 0.6 is 0 Å². The summed E-state index contributed by atoms with van der Waals surface area (Å²) in [5.74, 6) is 2.19. The molecular formula is C23H28N6O2. The number of aliphatic imine (C=N–C) groups is 1. The lowest BCUT2D eigenvalue weighted by atomic mass is 10.1. The molecule has 4 rings (SSSR count). The first-order chi connectivity index (χ1) is 15.1. The Morgan fingerprint density at radius 3 is 2.58 bits per heavy atom. The lowest BCUT2D eigenvalue weighted by Crippen LogP contribution is -2.53. The number of benzene rings is 1. The van der Waals surface area contributed by atoms with Gasteiger partial charge in [0.25, 0.3) is 5.91 Å². The van der Waals surface area contributed by atoms with Gasteiger partial charge in [-0.1, -0.05) is 24.3 Å². The Labute approximate surface area is 182 Å². The third-order valence-corrected chi connectivity index (χ3v) is 5.53. The normalized spacial score (nSPS) is 14.7. The SMILES string of the molecule is CN=C(NCc1cccc(Cn2ccnc2C)c1)N1CCN(C(=O)c2ccco2)CC1. The summed E-state index contributed by atoms with van der Waals surface area (Å²) < 4.78 is 7.37. The quantitative estimate of drug-likeness (QED) is 0.506. The van der Waals surface area contributed by atoms with Crippen LogP contribution in [0.3, 0.4) is 0 Å². The van der Waals surface area contributed by atoms with E-state index in [1.807, 2.05) is 24.2 Å². The van der Waals surface area contributed by atoms with E-state index in [0.717, 1.165) is 31.4 Å². The summed E-state index contributed by atoms with van der Waals surface area (Å²) in [6, 6.07) is 12.0. The first kappa shape index (κ1) is 20.7. The molecule has 1 aromatic carbocycles. The lowest BCUT2D eigenvalue weighted by Gasteiger charge is -2.36. The molecule has 0 unspecified atom stereocenters. The smallest absolute Gasteiger partial charge is 0.289 e. The number of aryl methyl sites for hydroxylation is 1. The number of nitrogens with one attached hydrogen (secondary N) is 1. The molecular weight excluding hydrogens is 392 g/mol. The molecule has 1 fully saturated rings. The van der Waals surface area contributed by atoms with E-state index in [1.54, 1.807) is 19.2 Å². The first-order valence-corrected chi connectivity index (χ1v) is 10.5. The number of hydrogen-bond donors (Lipinski definition) is 1. The van der Waals surface area contributed by atoms with Crippen LogP contribution in [0.2, 0.25) is 0 Å². The zero-order valence-electron chi connectivity index (χ0n) is 18.0. The molecule has 1 amide bonds. The predicted octanol–water partition coefficient (Wildman–Crippen LogP) is 2.37. The van der Waals surface area contributed by atoms with Crippen LogP contribution in [0, 0.1) is 6.92 Å². The predicted molar refractivity (Wildman–Crippen MR) is 119 cm³/mol. The fourth-order valence-corrected chi connectivity index (χ4v) is 3.80. The van der Waals surface area contributed by atoms with Gasteiger partial charge >= 0.3 is 0 Å². The maximum absolute atomic E-state index is 12.4. The number of guanidine groups is 1. The van der Waals surface area contributed by atoms with Crippen LogP contribution in [-0.4, -0.2) is 64.4 Å². The number of aromatic nitrogens is 2. The standard InChI is InChI=1S/C23H28N6O2/c1-18-25-8-9-29(18)17-20-6-3-5-19(15-20)16-26-23(24-2)28-12-10-27(11-13-28)22(30)21-7-4-14-31-21/h3-9,14-15H,10-13,16-17H2,1-2H3,(H,24,26). The molecule has 0 bridgehead atoms. The fraction of sp³-hybridized carbons (Fsp3) is 0.348. The van der Waals surface area contributed by atoms with Crippen molar-refractivity contribution in [2.24, 2.45) is 4.99 Å². The van der Waals surface area contributed by atoms with E-state index in [1.165, 1.54) is 17.4 Å². The summed E-state index contributed by atoms with van der Waals surface area (Å²) in [5.41, 5.74) is 2.43. The molecule has 8 nitrogen and oxygen atoms in total. The Hall–Kier alpha value is -3.55. The van der Waals surface area contributed by atoms with E-state index < -0.39 is 0 Å². The van der Waals surface area contributed by atoms with Gasteiger partial charge in [-0.3, -0.25) is 9.79 Å². The average molecular weight is 421 g/mol. The highest BCUT2D eigenvalue weighted by Crippen LogP contribution is 2.11. The van der Waals surface area contributed by atoms with Crippen LogP contribution in [0.25, 0.3) is 0 Å². The van der Waals surface area contributed by atoms with E-state index in [9.17, 15) is 4.79 Å². The number of carbonyl (C=O) groups excluding carboxylic acids is 1. The monoisotopic (exact) mass is 420 g/mol. The maximum Gasteiger partial charge on any atom is 0.289 e. The largest absolute Gasteiger partial charge is 0.459 e. The fourth-order valence-electron chi connectivity index (χ4n) is 3.80. The van der Waals surface area contributed by atoms with Gasteiger partial charge < -0.3 is 24.1 Å². The Balaban J connectivity index is 1.31. The molecule has 0 atom stereocenters. The Morgan fingerprint density at radius 2 is 1.90 bits per heavy atom. The number of rotatable bonds is 5. The van der Waals surface area contributed by atoms with Crippen molar-refractivity contribution in [1.29, 1.82) is 0 Å². The van der Waals surface area contributed by atoms with Crippen LogP contribution < -0.4 is 5.32 Å². The minimum atomic E-state index is -0.0578. The number of piperazine rings is 1. The lowest BCUT2D eigenvalue weighted by molar-refractivity contribution is 0.0657. The van der Waals surface area contributed by atoms with E-state index >= 15 is 0 Å². The molecule has 8 heteroatoms. The maximum atomic E-state index is 12.4. The van der Waals surface area contributed by atoms with Crippen LogP contribution in [-0.2, 0) is 13.1 Å². The van der Waals surface area contributed by atoms with Crippen molar-refractivity contribution in [3.05, 3.63) is 77.8 Å². The summed E-state index contributed by atoms with van der Waals surface area (Å²) in [7, 11) is 1.79. The second kappa shape index (κ2) is 9.51. The van der Waals surface area contributed by atoms with Gasteiger partial charge in [0.15, 0.2) is 11.7 Å². The van der Waals surface area contributed by atoms with Gasteiger partial charge in [-0.2, -0.15) is 0 Å². The molecule has 162 valence electrons. The van der Waals surface area contributed by atoms with Gasteiger partial charge in [0.1, 0.15) is 5.82 Å². The second-order valence-corrected chi connectivity index (χ2v) is 7.58. The van der Waals surface area contributed by atoms with E-state index in [4.69, 9.17) is 4.42 Å². The van der Waals surface area contributed by atoms with E-state index in [-0.39, 0.29) is 5.91 Å². The topological polar surface area (TPSA) is 78.9 Å². The van der Waals surface area contributed by atoms with Crippen LogP contribution in [0.1, 0.15) is 27.5 Å². The molecule has 1 N–H and O–H groups in total. The Kier molecular flexibility index (Phi) is 6.35. The van der Waals surface area contributed by atoms with Crippen LogP contribution in [0.5, 0.6) is 0 Å². The van der Waals surface area contributed by atoms with E-state index in [0.29, 0.717) is 25.4 Å². The minimum absolute atomic E-state index is 0.0578. The summed E-state index contributed by atoms with van der Waals surface area (Å²) in [6.45, 7) is 6.24. The number of amides is 1. The molecule has 0 saturated carbocycles. The zero-order chi connectivity index (χ0) is 21.6. The summed E-state index contributed by atoms with van der Waals surface area (Å²) >= 11 is 0. The van der Waals surface area contributed by atoms with E-state index in [2.05, 4.69) is 49.0 Å². The number of furan rings is 1. The van der Waals surface area contributed by atoms with Crippen molar-refractivity contribution in [3.63, 3.8) is 0 Å². The molecule has 0 radical (unpaired) electrons. The molecule has 1 saturated heterocycles. The van der Waals surface area contributed by atoms with Crippen molar-refractivity contribution >= 4 is 11.9 Å². The molecule has 1 aliphatic rings. The van der Waals surface area contributed by atoms with Crippen molar-refractivity contribution < 1.29 is 9.21 Å². The van der Waals surface area contributed by atoms with Crippen molar-refractivity contribution in [2.75, 3.05) is 33.2 Å². The van der Waals surface area contributed by atoms with Crippen LogP contribution in [0.4, 0.5) is 0 Å². The molecule has 3 heterocycles. The zero-order valence-corrected chi connectivity index (χ0v) is 18.0. The van der Waals surface area contributed by atoms with Gasteiger partial charge in [0, 0.05) is 58.7 Å². The van der Waals surface area contributed by atoms with Crippen molar-refractivity contribution in [1.82, 2.24) is 24.7 Å². The highest BCUT2D eigenvalue weighted by Gasteiger charge is 2.25. The molecule has 1 aliphatic heterocycles. The molecule has 3 aromatic rings. The number of imidazole rings is 1. The molecule has 2 aromatic heterocycles. The van der Waals surface area contributed by atoms with Gasteiger partial charge in [-0.15, -0.1) is 0 Å². The molecule has 0 aliphatic carbocycles. The minimum Gasteiger partial charge on any atom is -0.459 e. The van der Waals surface area contributed by atoms with Gasteiger partial charge in [0.05, 0.1) is 6.26 Å². The first-order valence-electron chi connectivity index (χ1n) is 10.5. The molecule has 0 spiro atoms.